The highest BCUT2D eigenvalue weighted by Gasteiger charge is 2.07. The number of ether oxygens (including phenoxy) is 1. The van der Waals surface area contributed by atoms with Crippen molar-refractivity contribution in [2.24, 2.45) is 5.92 Å². The zero-order valence-corrected chi connectivity index (χ0v) is 12.3. The Kier molecular flexibility index (Phi) is 4.69. The molecule has 0 unspecified atom stereocenters. The molecule has 0 aliphatic heterocycles. The van der Waals surface area contributed by atoms with Gasteiger partial charge in [0.1, 0.15) is 5.82 Å². The van der Waals surface area contributed by atoms with Crippen LogP contribution in [-0.2, 0) is 0 Å². The molecule has 0 saturated carbocycles. The van der Waals surface area contributed by atoms with Crippen molar-refractivity contribution in [3.05, 3.63) is 41.4 Å². The maximum atomic E-state index is 6.10. The molecule has 0 atom stereocenters. The van der Waals surface area contributed by atoms with E-state index in [9.17, 15) is 0 Å². The molecule has 0 amide bonds. The van der Waals surface area contributed by atoms with Crippen LogP contribution >= 0.6 is 11.6 Å². The van der Waals surface area contributed by atoms with Gasteiger partial charge in [0.05, 0.1) is 23.0 Å². The maximum Gasteiger partial charge on any atom is 0.239 e. The van der Waals surface area contributed by atoms with Gasteiger partial charge < -0.3 is 15.8 Å². The standard InChI is InChI=1S/C15H18ClN3O/c1-10(2)9-20-15-12(17)7-8-14(19-15)18-13-6-4-3-5-11(13)16/h3-8,10H,9,17H2,1-2H3,(H,18,19). The Bertz CT molecular complexity index is 587. The number of aromatic nitrogens is 1. The molecule has 0 spiro atoms. The molecular weight excluding hydrogens is 274 g/mol. The smallest absolute Gasteiger partial charge is 0.239 e. The molecule has 1 aromatic heterocycles. The fraction of sp³-hybridized carbons (Fsp3) is 0.267. The summed E-state index contributed by atoms with van der Waals surface area (Å²) in [5, 5.41) is 3.78. The third kappa shape index (κ3) is 3.78. The van der Waals surface area contributed by atoms with E-state index in [1.165, 1.54) is 0 Å². The monoisotopic (exact) mass is 291 g/mol. The molecule has 5 heteroatoms. The van der Waals surface area contributed by atoms with Gasteiger partial charge in [0.15, 0.2) is 0 Å². The molecule has 0 fully saturated rings. The van der Waals surface area contributed by atoms with E-state index in [-0.39, 0.29) is 0 Å². The maximum absolute atomic E-state index is 6.10. The van der Waals surface area contributed by atoms with E-state index in [0.717, 1.165) is 5.69 Å². The van der Waals surface area contributed by atoms with Gasteiger partial charge in [0.25, 0.3) is 0 Å². The van der Waals surface area contributed by atoms with Gasteiger partial charge in [-0.3, -0.25) is 0 Å². The van der Waals surface area contributed by atoms with E-state index in [4.69, 9.17) is 22.1 Å². The van der Waals surface area contributed by atoms with E-state index < -0.39 is 0 Å². The molecule has 0 aliphatic carbocycles. The van der Waals surface area contributed by atoms with E-state index in [1.54, 1.807) is 12.1 Å². The Balaban J connectivity index is 2.17. The lowest BCUT2D eigenvalue weighted by atomic mass is 10.2. The van der Waals surface area contributed by atoms with Gasteiger partial charge in [-0.05, 0) is 30.2 Å². The topological polar surface area (TPSA) is 60.2 Å². The number of anilines is 3. The molecule has 3 N–H and O–H groups in total. The molecule has 106 valence electrons. The molecule has 2 rings (SSSR count). The third-order valence-electron chi connectivity index (χ3n) is 2.58. The number of nitrogens with two attached hydrogens (primary N) is 1. The molecule has 0 bridgehead atoms. The van der Waals surface area contributed by atoms with Crippen LogP contribution in [0.3, 0.4) is 0 Å². The van der Waals surface area contributed by atoms with E-state index >= 15 is 0 Å². The lowest BCUT2D eigenvalue weighted by Crippen LogP contribution is -2.08. The number of para-hydroxylation sites is 1. The summed E-state index contributed by atoms with van der Waals surface area (Å²) in [5.41, 5.74) is 7.17. The molecule has 0 aliphatic rings. The number of hydrogen-bond donors (Lipinski definition) is 2. The van der Waals surface area contributed by atoms with Crippen LogP contribution in [0.15, 0.2) is 36.4 Å². The minimum absolute atomic E-state index is 0.413. The number of nitrogen functional groups attached to an aromatic ring is 1. The van der Waals surface area contributed by atoms with Crippen LogP contribution in [0.1, 0.15) is 13.8 Å². The first-order chi connectivity index (χ1) is 9.56. The summed E-state index contributed by atoms with van der Waals surface area (Å²) in [5.74, 6) is 1.50. The first kappa shape index (κ1) is 14.5. The molecule has 0 saturated heterocycles. The summed E-state index contributed by atoms with van der Waals surface area (Å²) in [6, 6.07) is 11.0. The highest BCUT2D eigenvalue weighted by Crippen LogP contribution is 2.27. The van der Waals surface area contributed by atoms with Gasteiger partial charge >= 0.3 is 0 Å². The van der Waals surface area contributed by atoms with E-state index in [1.807, 2.05) is 24.3 Å². The second kappa shape index (κ2) is 6.48. The zero-order valence-electron chi connectivity index (χ0n) is 11.6. The van der Waals surface area contributed by atoms with Crippen LogP contribution < -0.4 is 15.8 Å². The highest BCUT2D eigenvalue weighted by molar-refractivity contribution is 6.33. The normalized spacial score (nSPS) is 10.6. The Morgan fingerprint density at radius 1 is 1.25 bits per heavy atom. The molecule has 0 radical (unpaired) electrons. The van der Waals surface area contributed by atoms with Crippen LogP contribution in [0.25, 0.3) is 0 Å². The van der Waals surface area contributed by atoms with Crippen molar-refractivity contribution in [2.45, 2.75) is 13.8 Å². The Hall–Kier alpha value is -1.94. The lowest BCUT2D eigenvalue weighted by Gasteiger charge is -2.12. The fourth-order valence-electron chi connectivity index (χ4n) is 1.58. The number of pyridine rings is 1. The number of nitrogens with zero attached hydrogens (tertiary/aromatic N) is 1. The lowest BCUT2D eigenvalue weighted by molar-refractivity contribution is 0.263. The Morgan fingerprint density at radius 3 is 2.70 bits per heavy atom. The van der Waals surface area contributed by atoms with Crippen molar-refractivity contribution >= 4 is 28.8 Å². The minimum Gasteiger partial charge on any atom is -0.476 e. The first-order valence-electron chi connectivity index (χ1n) is 6.47. The number of rotatable bonds is 5. The second-order valence-corrected chi connectivity index (χ2v) is 5.31. The minimum atomic E-state index is 0.413. The third-order valence-corrected chi connectivity index (χ3v) is 2.91. The van der Waals surface area contributed by atoms with Gasteiger partial charge in [-0.1, -0.05) is 37.6 Å². The van der Waals surface area contributed by atoms with Gasteiger partial charge in [0, 0.05) is 0 Å². The van der Waals surface area contributed by atoms with Crippen LogP contribution in [0.2, 0.25) is 5.02 Å². The van der Waals surface area contributed by atoms with Crippen molar-refractivity contribution in [3.63, 3.8) is 0 Å². The van der Waals surface area contributed by atoms with Crippen molar-refractivity contribution < 1.29 is 4.74 Å². The van der Waals surface area contributed by atoms with Gasteiger partial charge in [-0.2, -0.15) is 4.98 Å². The van der Waals surface area contributed by atoms with Gasteiger partial charge in [-0.15, -0.1) is 0 Å². The summed E-state index contributed by atoms with van der Waals surface area (Å²) >= 11 is 6.10. The zero-order chi connectivity index (χ0) is 14.5. The number of benzene rings is 1. The van der Waals surface area contributed by atoms with Crippen molar-refractivity contribution in [1.29, 1.82) is 0 Å². The molecule has 4 nitrogen and oxygen atoms in total. The summed E-state index contributed by atoms with van der Waals surface area (Å²) in [6.45, 7) is 4.72. The van der Waals surface area contributed by atoms with Crippen molar-refractivity contribution in [1.82, 2.24) is 4.98 Å². The average Bonchev–Trinajstić information content (AvgIpc) is 2.42. The van der Waals surface area contributed by atoms with Crippen molar-refractivity contribution in [2.75, 3.05) is 17.7 Å². The number of halogens is 1. The van der Waals surface area contributed by atoms with Crippen LogP contribution in [0, 0.1) is 5.92 Å². The highest BCUT2D eigenvalue weighted by atomic mass is 35.5. The molecule has 1 aromatic carbocycles. The number of nitrogens with one attached hydrogen (secondary N) is 1. The Morgan fingerprint density at radius 2 is 2.00 bits per heavy atom. The van der Waals surface area contributed by atoms with Crippen LogP contribution in [0.4, 0.5) is 17.2 Å². The number of hydrogen-bond acceptors (Lipinski definition) is 4. The second-order valence-electron chi connectivity index (χ2n) is 4.90. The summed E-state index contributed by atoms with van der Waals surface area (Å²) < 4.78 is 5.60. The van der Waals surface area contributed by atoms with Crippen LogP contribution in [-0.4, -0.2) is 11.6 Å². The SMILES string of the molecule is CC(C)COc1nc(Nc2ccccc2Cl)ccc1N. The molecule has 20 heavy (non-hydrogen) atoms. The predicted octanol–water partition coefficient (Wildman–Crippen LogP) is 4.10. The van der Waals surface area contributed by atoms with Crippen molar-refractivity contribution in [3.8, 4) is 5.88 Å². The van der Waals surface area contributed by atoms with E-state index in [2.05, 4.69) is 24.1 Å². The molecule has 2 aromatic rings. The first-order valence-corrected chi connectivity index (χ1v) is 6.85. The van der Waals surface area contributed by atoms with Crippen LogP contribution in [0.5, 0.6) is 5.88 Å². The Labute approximate surface area is 123 Å². The molecular formula is C15H18ClN3O. The summed E-state index contributed by atoms with van der Waals surface area (Å²) in [6.07, 6.45) is 0. The summed E-state index contributed by atoms with van der Waals surface area (Å²) in [7, 11) is 0. The predicted molar refractivity (Wildman–Crippen MR) is 83.7 cm³/mol. The van der Waals surface area contributed by atoms with Gasteiger partial charge in [-0.25, -0.2) is 0 Å². The quantitative estimate of drug-likeness (QED) is 0.871. The van der Waals surface area contributed by atoms with E-state index in [0.29, 0.717) is 34.9 Å². The fourth-order valence-corrected chi connectivity index (χ4v) is 1.77. The largest absolute Gasteiger partial charge is 0.476 e. The van der Waals surface area contributed by atoms with Gasteiger partial charge in [0.2, 0.25) is 5.88 Å². The summed E-state index contributed by atoms with van der Waals surface area (Å²) in [4.78, 5) is 4.36. The molecule has 1 heterocycles. The average molecular weight is 292 g/mol.